The lowest BCUT2D eigenvalue weighted by Crippen LogP contribution is -2.13. The Morgan fingerprint density at radius 3 is 2.38 bits per heavy atom. The summed E-state index contributed by atoms with van der Waals surface area (Å²) in [6.45, 7) is 0.463. The molecule has 128 valence electrons. The molecule has 2 aromatic rings. The number of amides is 1. The van der Waals surface area contributed by atoms with E-state index in [1.165, 1.54) is 0 Å². The van der Waals surface area contributed by atoms with E-state index in [0.29, 0.717) is 36.6 Å². The minimum atomic E-state index is -0.0853. The second-order valence-electron chi connectivity index (χ2n) is 5.13. The molecule has 0 atom stereocenters. The first kappa shape index (κ1) is 17.5. The first-order valence-corrected chi connectivity index (χ1v) is 7.62. The first-order valence-electron chi connectivity index (χ1n) is 7.62. The monoisotopic (exact) mass is 330 g/mol. The van der Waals surface area contributed by atoms with E-state index in [2.05, 4.69) is 5.32 Å². The summed E-state index contributed by atoms with van der Waals surface area (Å²) in [5.74, 6) is 2.03. The first-order chi connectivity index (χ1) is 11.6. The van der Waals surface area contributed by atoms with Gasteiger partial charge in [0.2, 0.25) is 5.91 Å². The van der Waals surface area contributed by atoms with Crippen LogP contribution in [0.3, 0.4) is 0 Å². The molecule has 2 aromatic carbocycles. The van der Waals surface area contributed by atoms with E-state index in [1.807, 2.05) is 24.3 Å². The fraction of sp³-hybridized carbons (Fsp3) is 0.278. The summed E-state index contributed by atoms with van der Waals surface area (Å²) < 4.78 is 15.7. The van der Waals surface area contributed by atoms with E-state index in [4.69, 9.17) is 19.9 Å². The summed E-state index contributed by atoms with van der Waals surface area (Å²) in [7, 11) is 3.16. The maximum atomic E-state index is 11.9. The molecule has 1 amide bonds. The van der Waals surface area contributed by atoms with Crippen molar-refractivity contribution in [1.29, 1.82) is 0 Å². The van der Waals surface area contributed by atoms with Crippen LogP contribution < -0.4 is 25.3 Å². The molecule has 0 aliphatic rings. The van der Waals surface area contributed by atoms with Crippen molar-refractivity contribution in [2.24, 2.45) is 0 Å². The van der Waals surface area contributed by atoms with Crippen molar-refractivity contribution in [2.75, 3.05) is 31.9 Å². The van der Waals surface area contributed by atoms with Gasteiger partial charge in [0.1, 0.15) is 17.2 Å². The molecule has 0 fully saturated rings. The highest BCUT2D eigenvalue weighted by atomic mass is 16.5. The van der Waals surface area contributed by atoms with Gasteiger partial charge in [-0.05, 0) is 48.9 Å². The van der Waals surface area contributed by atoms with Crippen LogP contribution in [0.4, 0.5) is 11.4 Å². The molecule has 6 heteroatoms. The summed E-state index contributed by atoms with van der Waals surface area (Å²) >= 11 is 0. The van der Waals surface area contributed by atoms with Gasteiger partial charge >= 0.3 is 0 Å². The SMILES string of the molecule is COc1ccc(OCCCC(=O)Nc2ccc(OC)c(N)c2)cc1. The fourth-order valence-electron chi connectivity index (χ4n) is 2.13. The third-order valence-corrected chi connectivity index (χ3v) is 3.39. The highest BCUT2D eigenvalue weighted by Gasteiger charge is 2.05. The third kappa shape index (κ3) is 5.08. The number of nitrogens with two attached hydrogens (primary N) is 1. The van der Waals surface area contributed by atoms with Gasteiger partial charge in [-0.2, -0.15) is 0 Å². The van der Waals surface area contributed by atoms with Gasteiger partial charge in [0.25, 0.3) is 0 Å². The van der Waals surface area contributed by atoms with E-state index in [-0.39, 0.29) is 5.91 Å². The Balaban J connectivity index is 1.72. The van der Waals surface area contributed by atoms with Gasteiger partial charge in [-0.3, -0.25) is 4.79 Å². The number of nitrogen functional groups attached to an aromatic ring is 1. The van der Waals surface area contributed by atoms with Gasteiger partial charge in [-0.25, -0.2) is 0 Å². The van der Waals surface area contributed by atoms with Crippen molar-refractivity contribution >= 4 is 17.3 Å². The zero-order valence-electron chi connectivity index (χ0n) is 13.9. The average molecular weight is 330 g/mol. The van der Waals surface area contributed by atoms with Crippen LogP contribution >= 0.6 is 0 Å². The number of carbonyl (C=O) groups is 1. The number of ether oxygens (including phenoxy) is 3. The third-order valence-electron chi connectivity index (χ3n) is 3.39. The quantitative estimate of drug-likeness (QED) is 0.574. The van der Waals surface area contributed by atoms with Crippen molar-refractivity contribution < 1.29 is 19.0 Å². The van der Waals surface area contributed by atoms with Gasteiger partial charge < -0.3 is 25.3 Å². The topological polar surface area (TPSA) is 82.8 Å². The molecule has 6 nitrogen and oxygen atoms in total. The van der Waals surface area contributed by atoms with Crippen molar-refractivity contribution in [3.05, 3.63) is 42.5 Å². The summed E-state index contributed by atoms with van der Waals surface area (Å²) in [6, 6.07) is 12.5. The lowest BCUT2D eigenvalue weighted by Gasteiger charge is -2.09. The number of hydrogen-bond acceptors (Lipinski definition) is 5. The highest BCUT2D eigenvalue weighted by Crippen LogP contribution is 2.24. The zero-order chi connectivity index (χ0) is 17.4. The van der Waals surface area contributed by atoms with E-state index in [1.54, 1.807) is 32.4 Å². The van der Waals surface area contributed by atoms with Gasteiger partial charge in [0.05, 0.1) is 26.5 Å². The Kier molecular flexibility index (Phi) is 6.31. The van der Waals surface area contributed by atoms with Crippen molar-refractivity contribution in [3.8, 4) is 17.2 Å². The van der Waals surface area contributed by atoms with Crippen LogP contribution in [0, 0.1) is 0 Å². The second-order valence-corrected chi connectivity index (χ2v) is 5.13. The summed E-state index contributed by atoms with van der Waals surface area (Å²) in [4.78, 5) is 11.9. The molecule has 0 bridgehead atoms. The molecule has 0 radical (unpaired) electrons. The summed E-state index contributed by atoms with van der Waals surface area (Å²) in [5, 5.41) is 2.80. The van der Waals surface area contributed by atoms with Crippen molar-refractivity contribution in [2.45, 2.75) is 12.8 Å². The molecule has 24 heavy (non-hydrogen) atoms. The molecule has 0 unspecified atom stereocenters. The number of hydrogen-bond donors (Lipinski definition) is 2. The zero-order valence-corrected chi connectivity index (χ0v) is 13.9. The highest BCUT2D eigenvalue weighted by molar-refractivity contribution is 5.91. The maximum Gasteiger partial charge on any atom is 0.224 e. The van der Waals surface area contributed by atoms with Gasteiger partial charge in [-0.1, -0.05) is 0 Å². The molecule has 0 aromatic heterocycles. The van der Waals surface area contributed by atoms with Crippen LogP contribution in [0.1, 0.15) is 12.8 Å². The smallest absolute Gasteiger partial charge is 0.224 e. The van der Waals surface area contributed by atoms with Crippen LogP contribution in [0.5, 0.6) is 17.2 Å². The van der Waals surface area contributed by atoms with Gasteiger partial charge in [-0.15, -0.1) is 0 Å². The standard InChI is InChI=1S/C18H22N2O4/c1-22-14-6-8-15(9-7-14)24-11-3-4-18(21)20-13-5-10-17(23-2)16(19)12-13/h5-10,12H,3-4,11,19H2,1-2H3,(H,20,21). The van der Waals surface area contributed by atoms with E-state index in [0.717, 1.165) is 11.5 Å². The van der Waals surface area contributed by atoms with Crippen molar-refractivity contribution in [1.82, 2.24) is 0 Å². The lowest BCUT2D eigenvalue weighted by molar-refractivity contribution is -0.116. The molecular formula is C18H22N2O4. The Morgan fingerprint density at radius 1 is 1.04 bits per heavy atom. The predicted molar refractivity (Wildman–Crippen MR) is 93.8 cm³/mol. The minimum Gasteiger partial charge on any atom is -0.497 e. The molecule has 0 saturated carbocycles. The molecule has 0 heterocycles. The van der Waals surface area contributed by atoms with Crippen molar-refractivity contribution in [3.63, 3.8) is 0 Å². The molecular weight excluding hydrogens is 308 g/mol. The number of anilines is 2. The number of carbonyl (C=O) groups excluding carboxylic acids is 1. The Morgan fingerprint density at radius 2 is 1.75 bits per heavy atom. The lowest BCUT2D eigenvalue weighted by atomic mass is 10.2. The number of benzene rings is 2. The maximum absolute atomic E-state index is 11.9. The Bertz CT molecular complexity index is 671. The minimum absolute atomic E-state index is 0.0853. The van der Waals surface area contributed by atoms with Crippen LogP contribution in [0.15, 0.2) is 42.5 Å². The molecule has 2 rings (SSSR count). The van der Waals surface area contributed by atoms with Crippen LogP contribution in [-0.2, 0) is 4.79 Å². The van der Waals surface area contributed by atoms with Gasteiger partial charge in [0, 0.05) is 12.1 Å². The van der Waals surface area contributed by atoms with Crippen LogP contribution in [0.25, 0.3) is 0 Å². The largest absolute Gasteiger partial charge is 0.497 e. The predicted octanol–water partition coefficient (Wildman–Crippen LogP) is 3.08. The number of methoxy groups -OCH3 is 2. The molecule has 3 N–H and O–H groups in total. The number of rotatable bonds is 8. The molecule has 0 saturated heterocycles. The normalized spacial score (nSPS) is 10.1. The summed E-state index contributed by atoms with van der Waals surface area (Å²) in [6.07, 6.45) is 0.978. The van der Waals surface area contributed by atoms with E-state index < -0.39 is 0 Å². The Labute approximate surface area is 141 Å². The van der Waals surface area contributed by atoms with Crippen LogP contribution in [0.2, 0.25) is 0 Å². The summed E-state index contributed by atoms with van der Waals surface area (Å²) in [5.41, 5.74) is 6.94. The van der Waals surface area contributed by atoms with Gasteiger partial charge in [0.15, 0.2) is 0 Å². The molecule has 0 aliphatic heterocycles. The van der Waals surface area contributed by atoms with E-state index >= 15 is 0 Å². The fourth-order valence-corrected chi connectivity index (χ4v) is 2.13. The Hall–Kier alpha value is -2.89. The number of nitrogens with one attached hydrogen (secondary N) is 1. The molecule has 0 spiro atoms. The van der Waals surface area contributed by atoms with Crippen LogP contribution in [-0.4, -0.2) is 26.7 Å². The van der Waals surface area contributed by atoms with E-state index in [9.17, 15) is 4.79 Å². The molecule has 0 aliphatic carbocycles. The average Bonchev–Trinajstić information content (AvgIpc) is 2.59. The second kappa shape index (κ2) is 8.67.